The Balaban J connectivity index is 0.00000169. The minimum atomic E-state index is -0.674. The topological polar surface area (TPSA) is 60.0 Å². The summed E-state index contributed by atoms with van der Waals surface area (Å²) in [5.41, 5.74) is 8.79. The number of hydrogen-bond acceptors (Lipinski definition) is 2. The Hall–Kier alpha value is -2.01. The Labute approximate surface area is 166 Å². The van der Waals surface area contributed by atoms with E-state index in [4.69, 9.17) is 5.73 Å². The van der Waals surface area contributed by atoms with Crippen LogP contribution in [0.15, 0.2) is 60.8 Å². The second kappa shape index (κ2) is 9.62. The second-order valence-electron chi connectivity index (χ2n) is 6.51. The fourth-order valence-corrected chi connectivity index (χ4v) is 2.86. The van der Waals surface area contributed by atoms with Crippen molar-refractivity contribution >= 4 is 47.3 Å². The standard InChI is InChI=1S/C20H23N3O.2ClH/c1-14(2)13-23-11-10-16-12-17(8-9-18(16)23)22-20(24)19(21)15-6-4-3-5-7-15;;/h3-12,14,19H,13,21H2,1-2H3,(H,22,24);2*1H. The van der Waals surface area contributed by atoms with Gasteiger partial charge in [0.15, 0.2) is 0 Å². The number of aromatic nitrogens is 1. The highest BCUT2D eigenvalue weighted by molar-refractivity contribution is 5.97. The molecule has 0 aliphatic heterocycles. The molecule has 1 heterocycles. The van der Waals surface area contributed by atoms with E-state index in [1.54, 1.807) is 0 Å². The smallest absolute Gasteiger partial charge is 0.245 e. The molecule has 140 valence electrons. The highest BCUT2D eigenvalue weighted by atomic mass is 35.5. The maximum absolute atomic E-state index is 12.4. The molecule has 3 aromatic rings. The van der Waals surface area contributed by atoms with Crippen molar-refractivity contribution in [1.29, 1.82) is 0 Å². The van der Waals surface area contributed by atoms with Crippen LogP contribution in [0.2, 0.25) is 0 Å². The lowest BCUT2D eigenvalue weighted by Gasteiger charge is -2.13. The van der Waals surface area contributed by atoms with Gasteiger partial charge in [0.1, 0.15) is 6.04 Å². The number of nitrogens with zero attached hydrogens (tertiary/aromatic N) is 1. The van der Waals surface area contributed by atoms with E-state index < -0.39 is 6.04 Å². The van der Waals surface area contributed by atoms with Crippen LogP contribution < -0.4 is 11.1 Å². The number of nitrogens with one attached hydrogen (secondary N) is 1. The summed E-state index contributed by atoms with van der Waals surface area (Å²) in [5.74, 6) is 0.381. The molecular weight excluding hydrogens is 369 g/mol. The van der Waals surface area contributed by atoms with Crippen LogP contribution in [0, 0.1) is 5.92 Å². The zero-order chi connectivity index (χ0) is 17.1. The first kappa shape index (κ1) is 22.0. The molecule has 0 saturated carbocycles. The van der Waals surface area contributed by atoms with Crippen LogP contribution in [0.25, 0.3) is 10.9 Å². The zero-order valence-electron chi connectivity index (χ0n) is 14.9. The Kier molecular flexibility index (Phi) is 8.15. The predicted octanol–water partition coefficient (Wildman–Crippen LogP) is 4.78. The number of amides is 1. The average molecular weight is 394 g/mol. The van der Waals surface area contributed by atoms with Crippen molar-refractivity contribution in [3.05, 3.63) is 66.4 Å². The van der Waals surface area contributed by atoms with Crippen LogP contribution in [-0.2, 0) is 11.3 Å². The molecule has 4 nitrogen and oxygen atoms in total. The normalized spacial score (nSPS) is 11.5. The average Bonchev–Trinajstić information content (AvgIpc) is 2.96. The Morgan fingerprint density at radius 2 is 1.77 bits per heavy atom. The summed E-state index contributed by atoms with van der Waals surface area (Å²) in [6.07, 6.45) is 2.09. The summed E-state index contributed by atoms with van der Waals surface area (Å²) in [7, 11) is 0. The van der Waals surface area contributed by atoms with E-state index in [1.807, 2.05) is 48.5 Å². The molecule has 1 aromatic heterocycles. The van der Waals surface area contributed by atoms with E-state index in [0.717, 1.165) is 23.2 Å². The Bertz CT molecular complexity index is 847. The summed E-state index contributed by atoms with van der Waals surface area (Å²) < 4.78 is 2.24. The van der Waals surface area contributed by atoms with E-state index in [9.17, 15) is 4.79 Å². The fraction of sp³-hybridized carbons (Fsp3) is 0.250. The van der Waals surface area contributed by atoms with E-state index in [-0.39, 0.29) is 30.7 Å². The molecule has 1 atom stereocenters. The predicted molar refractivity (Wildman–Crippen MR) is 113 cm³/mol. The first-order valence-electron chi connectivity index (χ1n) is 8.25. The number of hydrogen-bond donors (Lipinski definition) is 2. The van der Waals surface area contributed by atoms with Crippen LogP contribution in [-0.4, -0.2) is 10.5 Å². The Morgan fingerprint density at radius 1 is 1.08 bits per heavy atom. The third-order valence-electron chi connectivity index (χ3n) is 4.04. The second-order valence-corrected chi connectivity index (χ2v) is 6.51. The van der Waals surface area contributed by atoms with Crippen LogP contribution in [0.5, 0.6) is 0 Å². The first-order valence-corrected chi connectivity index (χ1v) is 8.25. The van der Waals surface area contributed by atoms with E-state index in [1.165, 1.54) is 5.52 Å². The lowest BCUT2D eigenvalue weighted by molar-refractivity contribution is -0.117. The van der Waals surface area contributed by atoms with Crippen LogP contribution >= 0.6 is 24.8 Å². The van der Waals surface area contributed by atoms with Gasteiger partial charge in [-0.25, -0.2) is 0 Å². The number of benzene rings is 2. The summed E-state index contributed by atoms with van der Waals surface area (Å²) in [5, 5.41) is 4.02. The van der Waals surface area contributed by atoms with Crippen molar-refractivity contribution in [3.63, 3.8) is 0 Å². The summed E-state index contributed by atoms with van der Waals surface area (Å²) in [4.78, 5) is 12.4. The summed E-state index contributed by atoms with van der Waals surface area (Å²) in [6.45, 7) is 5.38. The molecule has 26 heavy (non-hydrogen) atoms. The van der Waals surface area contributed by atoms with Crippen LogP contribution in [0.4, 0.5) is 5.69 Å². The maximum Gasteiger partial charge on any atom is 0.245 e. The number of anilines is 1. The van der Waals surface area contributed by atoms with Crippen LogP contribution in [0.1, 0.15) is 25.5 Å². The lowest BCUT2D eigenvalue weighted by atomic mass is 10.1. The third-order valence-corrected chi connectivity index (χ3v) is 4.04. The third kappa shape index (κ3) is 5.01. The van der Waals surface area contributed by atoms with E-state index in [0.29, 0.717) is 5.92 Å². The van der Waals surface area contributed by atoms with Gasteiger partial charge in [0.05, 0.1) is 0 Å². The number of fused-ring (bicyclic) bond motifs is 1. The molecule has 6 heteroatoms. The van der Waals surface area contributed by atoms with E-state index >= 15 is 0 Å². The van der Waals surface area contributed by atoms with Gasteiger partial charge in [0, 0.05) is 29.3 Å². The largest absolute Gasteiger partial charge is 0.347 e. The van der Waals surface area contributed by atoms with Crippen LogP contribution in [0.3, 0.4) is 0 Å². The lowest BCUT2D eigenvalue weighted by Crippen LogP contribution is -2.27. The molecule has 3 rings (SSSR count). The quantitative estimate of drug-likeness (QED) is 0.654. The minimum absolute atomic E-state index is 0. The SMILES string of the molecule is CC(C)Cn1ccc2cc(NC(=O)C(N)c3ccccc3)ccc21.Cl.Cl. The number of carbonyl (C=O) groups excluding carboxylic acids is 1. The number of halogens is 2. The number of rotatable bonds is 5. The van der Waals surface area contributed by atoms with Gasteiger partial charge >= 0.3 is 0 Å². The maximum atomic E-state index is 12.4. The molecular formula is C20H25Cl2N3O. The molecule has 1 amide bonds. The fourth-order valence-electron chi connectivity index (χ4n) is 2.86. The molecule has 1 unspecified atom stereocenters. The van der Waals surface area contributed by atoms with Gasteiger partial charge < -0.3 is 15.6 Å². The van der Waals surface area contributed by atoms with Crippen molar-refractivity contribution in [2.75, 3.05) is 5.32 Å². The first-order chi connectivity index (χ1) is 11.5. The molecule has 0 aliphatic rings. The van der Waals surface area contributed by atoms with Gasteiger partial charge in [-0.15, -0.1) is 24.8 Å². The molecule has 3 N–H and O–H groups in total. The molecule has 0 radical (unpaired) electrons. The van der Waals surface area contributed by atoms with Crippen molar-refractivity contribution in [3.8, 4) is 0 Å². The number of nitrogens with two attached hydrogens (primary N) is 1. The van der Waals surface area contributed by atoms with Gasteiger partial charge in [-0.05, 0) is 35.7 Å². The van der Waals surface area contributed by atoms with Gasteiger partial charge in [0.2, 0.25) is 5.91 Å². The molecule has 0 spiro atoms. The van der Waals surface area contributed by atoms with E-state index in [2.05, 4.69) is 36.0 Å². The van der Waals surface area contributed by atoms with Crippen molar-refractivity contribution in [2.45, 2.75) is 26.4 Å². The van der Waals surface area contributed by atoms with Gasteiger partial charge in [-0.1, -0.05) is 44.2 Å². The molecule has 0 bridgehead atoms. The van der Waals surface area contributed by atoms with Crippen molar-refractivity contribution in [2.24, 2.45) is 11.7 Å². The molecule has 0 aliphatic carbocycles. The van der Waals surface area contributed by atoms with Gasteiger partial charge in [-0.2, -0.15) is 0 Å². The molecule has 0 fully saturated rings. The molecule has 2 aromatic carbocycles. The zero-order valence-corrected chi connectivity index (χ0v) is 16.5. The summed E-state index contributed by atoms with van der Waals surface area (Å²) >= 11 is 0. The van der Waals surface area contributed by atoms with Crippen molar-refractivity contribution in [1.82, 2.24) is 4.57 Å². The van der Waals surface area contributed by atoms with Gasteiger partial charge in [0.25, 0.3) is 0 Å². The monoisotopic (exact) mass is 393 g/mol. The minimum Gasteiger partial charge on any atom is -0.347 e. The summed E-state index contributed by atoms with van der Waals surface area (Å²) in [6, 6.07) is 16.7. The van der Waals surface area contributed by atoms with Gasteiger partial charge in [-0.3, -0.25) is 4.79 Å². The number of carbonyl (C=O) groups is 1. The highest BCUT2D eigenvalue weighted by Gasteiger charge is 2.15. The van der Waals surface area contributed by atoms with Crippen molar-refractivity contribution < 1.29 is 4.79 Å². The molecule has 0 saturated heterocycles. The Morgan fingerprint density at radius 3 is 2.42 bits per heavy atom. The highest BCUT2D eigenvalue weighted by Crippen LogP contribution is 2.22.